The molecule has 1 aromatic heterocycles. The van der Waals surface area contributed by atoms with E-state index < -0.39 is 17.9 Å². The van der Waals surface area contributed by atoms with Gasteiger partial charge in [-0.3, -0.25) is 4.79 Å². The number of aromatic amines is 1. The lowest BCUT2D eigenvalue weighted by Gasteiger charge is -2.14. The van der Waals surface area contributed by atoms with Crippen molar-refractivity contribution in [3.05, 3.63) is 71.7 Å². The molecule has 0 bridgehead atoms. The highest BCUT2D eigenvalue weighted by Gasteiger charge is 2.21. The molecule has 0 spiro atoms. The third-order valence-electron chi connectivity index (χ3n) is 4.01. The monoisotopic (exact) mass is 340 g/mol. The molecule has 0 saturated heterocycles. The normalized spacial score (nSPS) is 12.0. The average molecular weight is 340 g/mol. The number of para-hydroxylation sites is 1. The number of halogens is 1. The molecule has 0 radical (unpaired) electrons. The molecule has 0 aliphatic carbocycles. The van der Waals surface area contributed by atoms with E-state index in [0.717, 1.165) is 16.5 Å². The van der Waals surface area contributed by atoms with E-state index in [1.54, 1.807) is 6.20 Å². The van der Waals surface area contributed by atoms with Gasteiger partial charge in [0.25, 0.3) is 0 Å². The van der Waals surface area contributed by atoms with Crippen LogP contribution >= 0.6 is 0 Å². The van der Waals surface area contributed by atoms with E-state index >= 15 is 0 Å². The highest BCUT2D eigenvalue weighted by Crippen LogP contribution is 2.19. The molecule has 5 nitrogen and oxygen atoms in total. The molecule has 1 heterocycles. The first-order chi connectivity index (χ1) is 12.0. The molecule has 0 saturated carbocycles. The zero-order chi connectivity index (χ0) is 17.8. The second-order valence-electron chi connectivity index (χ2n) is 5.83. The maximum Gasteiger partial charge on any atom is 0.326 e. The number of carbonyl (C=O) groups is 2. The quantitative estimate of drug-likeness (QED) is 0.645. The van der Waals surface area contributed by atoms with Crippen LogP contribution < -0.4 is 5.32 Å². The third-order valence-corrected chi connectivity index (χ3v) is 4.01. The van der Waals surface area contributed by atoms with Crippen molar-refractivity contribution < 1.29 is 19.1 Å². The molecule has 2 aromatic carbocycles. The Morgan fingerprint density at radius 2 is 1.84 bits per heavy atom. The Balaban J connectivity index is 1.69. The third kappa shape index (κ3) is 4.03. The summed E-state index contributed by atoms with van der Waals surface area (Å²) in [6.45, 7) is 0. The molecule has 0 fully saturated rings. The highest BCUT2D eigenvalue weighted by atomic mass is 19.1. The Kier molecular flexibility index (Phi) is 4.79. The van der Waals surface area contributed by atoms with Crippen molar-refractivity contribution in [2.45, 2.75) is 18.9 Å². The van der Waals surface area contributed by atoms with E-state index in [-0.39, 0.29) is 18.7 Å². The van der Waals surface area contributed by atoms with Crippen LogP contribution in [0.15, 0.2) is 54.7 Å². The lowest BCUT2D eigenvalue weighted by Crippen LogP contribution is -2.43. The van der Waals surface area contributed by atoms with E-state index in [1.807, 2.05) is 24.3 Å². The fourth-order valence-corrected chi connectivity index (χ4v) is 2.75. The molecule has 3 rings (SSSR count). The molecular formula is C19H17FN2O3. The number of aromatic nitrogens is 1. The van der Waals surface area contributed by atoms with E-state index in [4.69, 9.17) is 0 Å². The second-order valence-corrected chi connectivity index (χ2v) is 5.83. The second kappa shape index (κ2) is 7.17. The lowest BCUT2D eigenvalue weighted by atomic mass is 10.0. The van der Waals surface area contributed by atoms with Gasteiger partial charge in [0.05, 0.1) is 6.42 Å². The summed E-state index contributed by atoms with van der Waals surface area (Å²) >= 11 is 0. The van der Waals surface area contributed by atoms with Crippen LogP contribution in [0.5, 0.6) is 0 Å². The Labute approximate surface area is 143 Å². The van der Waals surface area contributed by atoms with Gasteiger partial charge in [-0.2, -0.15) is 0 Å². The van der Waals surface area contributed by atoms with E-state index in [2.05, 4.69) is 10.3 Å². The number of carboxylic acid groups (broad SMARTS) is 1. The molecule has 0 aliphatic heterocycles. The molecule has 3 N–H and O–H groups in total. The zero-order valence-corrected chi connectivity index (χ0v) is 13.3. The largest absolute Gasteiger partial charge is 0.480 e. The smallest absolute Gasteiger partial charge is 0.326 e. The Morgan fingerprint density at radius 1 is 1.12 bits per heavy atom. The summed E-state index contributed by atoms with van der Waals surface area (Å²) in [4.78, 5) is 26.7. The van der Waals surface area contributed by atoms with Crippen molar-refractivity contribution in [1.29, 1.82) is 0 Å². The first kappa shape index (κ1) is 16.7. The minimum Gasteiger partial charge on any atom is -0.480 e. The van der Waals surface area contributed by atoms with Gasteiger partial charge in [0.1, 0.15) is 11.9 Å². The number of benzene rings is 2. The number of hydrogen-bond donors (Lipinski definition) is 3. The maximum absolute atomic E-state index is 12.9. The number of aliphatic carboxylic acids is 1. The molecular weight excluding hydrogens is 323 g/mol. The van der Waals surface area contributed by atoms with Gasteiger partial charge in [-0.15, -0.1) is 0 Å². The summed E-state index contributed by atoms with van der Waals surface area (Å²) in [5, 5.41) is 12.9. The highest BCUT2D eigenvalue weighted by molar-refractivity contribution is 5.87. The number of fused-ring (bicyclic) bond motifs is 1. The van der Waals surface area contributed by atoms with E-state index in [9.17, 15) is 19.1 Å². The molecule has 3 aromatic rings. The number of carboxylic acids is 1. The fourth-order valence-electron chi connectivity index (χ4n) is 2.75. The van der Waals surface area contributed by atoms with Crippen molar-refractivity contribution in [2.24, 2.45) is 0 Å². The maximum atomic E-state index is 12.9. The van der Waals surface area contributed by atoms with Gasteiger partial charge < -0.3 is 15.4 Å². The van der Waals surface area contributed by atoms with Crippen molar-refractivity contribution in [3.8, 4) is 0 Å². The molecule has 0 unspecified atom stereocenters. The molecule has 6 heteroatoms. The Bertz CT molecular complexity index is 902. The molecule has 25 heavy (non-hydrogen) atoms. The predicted molar refractivity (Wildman–Crippen MR) is 91.7 cm³/mol. The molecule has 0 aliphatic rings. The summed E-state index contributed by atoms with van der Waals surface area (Å²) in [5.41, 5.74) is 2.36. The average Bonchev–Trinajstić information content (AvgIpc) is 2.99. The van der Waals surface area contributed by atoms with Crippen LogP contribution in [0.2, 0.25) is 0 Å². The van der Waals surface area contributed by atoms with E-state index in [0.29, 0.717) is 5.56 Å². The van der Waals surface area contributed by atoms with Crippen LogP contribution in [0, 0.1) is 5.82 Å². The number of nitrogens with one attached hydrogen (secondary N) is 2. The van der Waals surface area contributed by atoms with Gasteiger partial charge in [0.15, 0.2) is 0 Å². The van der Waals surface area contributed by atoms with E-state index in [1.165, 1.54) is 24.3 Å². The standard InChI is InChI=1S/C19H17FN2O3/c20-14-7-5-12(6-8-14)9-18(23)22-17(19(24)25)10-13-11-21-16-4-2-1-3-15(13)16/h1-8,11,17,21H,9-10H2,(H,22,23)(H,24,25)/t17-/m1/s1. The van der Waals surface area contributed by atoms with Crippen LogP contribution in [-0.4, -0.2) is 28.0 Å². The van der Waals surface area contributed by atoms with Crippen molar-refractivity contribution in [2.75, 3.05) is 0 Å². The summed E-state index contributed by atoms with van der Waals surface area (Å²) in [7, 11) is 0. The van der Waals surface area contributed by atoms with Gasteiger partial charge >= 0.3 is 5.97 Å². The number of hydrogen-bond acceptors (Lipinski definition) is 2. The molecule has 1 amide bonds. The van der Waals surface area contributed by atoms with Crippen LogP contribution in [0.3, 0.4) is 0 Å². The minimum atomic E-state index is -1.10. The number of rotatable bonds is 6. The number of carbonyl (C=O) groups excluding carboxylic acids is 1. The van der Waals surface area contributed by atoms with Crippen LogP contribution in [0.25, 0.3) is 10.9 Å². The first-order valence-electron chi connectivity index (χ1n) is 7.84. The van der Waals surface area contributed by atoms with Crippen LogP contribution in [0.4, 0.5) is 4.39 Å². The summed E-state index contributed by atoms with van der Waals surface area (Å²) in [6, 6.07) is 12.1. The van der Waals surface area contributed by atoms with Gasteiger partial charge in [0, 0.05) is 23.5 Å². The summed E-state index contributed by atoms with van der Waals surface area (Å²) in [6.07, 6.45) is 1.93. The SMILES string of the molecule is O=C(Cc1ccc(F)cc1)N[C@H](Cc1c[nH]c2ccccc12)C(=O)O. The lowest BCUT2D eigenvalue weighted by molar-refractivity contribution is -0.141. The minimum absolute atomic E-state index is 0.00204. The number of H-pyrrole nitrogens is 1. The number of amides is 1. The first-order valence-corrected chi connectivity index (χ1v) is 7.84. The fraction of sp³-hybridized carbons (Fsp3) is 0.158. The van der Waals surface area contributed by atoms with Gasteiger partial charge in [-0.05, 0) is 29.3 Å². The Hall–Kier alpha value is -3.15. The van der Waals surface area contributed by atoms with Gasteiger partial charge in [0.2, 0.25) is 5.91 Å². The van der Waals surface area contributed by atoms with Crippen LogP contribution in [0.1, 0.15) is 11.1 Å². The molecule has 128 valence electrons. The topological polar surface area (TPSA) is 82.2 Å². The van der Waals surface area contributed by atoms with Gasteiger partial charge in [-0.1, -0.05) is 30.3 Å². The van der Waals surface area contributed by atoms with Crippen molar-refractivity contribution in [1.82, 2.24) is 10.3 Å². The Morgan fingerprint density at radius 3 is 2.56 bits per heavy atom. The zero-order valence-electron chi connectivity index (χ0n) is 13.3. The van der Waals surface area contributed by atoms with Crippen molar-refractivity contribution in [3.63, 3.8) is 0 Å². The molecule has 1 atom stereocenters. The summed E-state index contributed by atoms with van der Waals surface area (Å²) < 4.78 is 12.9. The predicted octanol–water partition coefficient (Wildman–Crippen LogP) is 2.66. The van der Waals surface area contributed by atoms with Gasteiger partial charge in [-0.25, -0.2) is 9.18 Å². The summed E-state index contributed by atoms with van der Waals surface area (Å²) in [5.74, 6) is -1.90. The van der Waals surface area contributed by atoms with Crippen LogP contribution in [-0.2, 0) is 22.4 Å². The van der Waals surface area contributed by atoms with Crippen molar-refractivity contribution >= 4 is 22.8 Å².